The third kappa shape index (κ3) is 17.2. The van der Waals surface area contributed by atoms with Crippen LogP contribution in [0.25, 0.3) is 43.8 Å². The van der Waals surface area contributed by atoms with Gasteiger partial charge in [-0.2, -0.15) is 12.1 Å². The van der Waals surface area contributed by atoms with Crippen LogP contribution in [0.3, 0.4) is 0 Å². The number of benzene rings is 4. The number of rotatable bonds is 10. The van der Waals surface area contributed by atoms with E-state index in [1.54, 1.807) is 11.1 Å². The summed E-state index contributed by atoms with van der Waals surface area (Å²) >= 11 is 1.29. The van der Waals surface area contributed by atoms with Gasteiger partial charge in [-0.15, -0.1) is 69.1 Å². The van der Waals surface area contributed by atoms with E-state index in [2.05, 4.69) is 148 Å². The number of fused-ring (bicyclic) bond motifs is 2. The average Bonchev–Trinajstić information content (AvgIpc) is 3.62. The fourth-order valence-electron chi connectivity index (χ4n) is 9.76. The van der Waals surface area contributed by atoms with Gasteiger partial charge in [0.25, 0.3) is 0 Å². The quantitative estimate of drug-likeness (QED) is 0.0729. The maximum absolute atomic E-state index is 11.4. The largest absolute Gasteiger partial charge is 1.00 e. The minimum Gasteiger partial charge on any atom is -1.00 e. The van der Waals surface area contributed by atoms with Crippen LogP contribution in [0.15, 0.2) is 109 Å². The van der Waals surface area contributed by atoms with Crippen molar-refractivity contribution in [3.05, 3.63) is 120 Å². The molecule has 8 rings (SSSR count). The Balaban J connectivity index is 0.000000234. The normalized spacial score (nSPS) is 15.4. The van der Waals surface area contributed by atoms with Crippen molar-refractivity contribution in [1.29, 1.82) is 0 Å². The zero-order chi connectivity index (χ0) is 45.2. The van der Waals surface area contributed by atoms with Gasteiger partial charge in [0.2, 0.25) is 0 Å². The van der Waals surface area contributed by atoms with Crippen LogP contribution < -0.4 is 35.2 Å². The Hall–Kier alpha value is -2.00. The molecule has 2 fully saturated rings. The average molecular weight is 1050 g/mol. The maximum atomic E-state index is 11.4. The van der Waals surface area contributed by atoms with Gasteiger partial charge in [0.15, 0.2) is 0 Å². The molecule has 0 amide bonds. The number of hydrogen-bond donors (Lipinski definition) is 0. The summed E-state index contributed by atoms with van der Waals surface area (Å²) in [7, 11) is -2.47. The molecule has 0 bridgehead atoms. The molecule has 0 saturated heterocycles. The molecular weight excluding hydrogens is 976 g/mol. The first kappa shape index (κ1) is 55.6. The van der Waals surface area contributed by atoms with Crippen LogP contribution in [0.5, 0.6) is 0 Å². The monoisotopic (exact) mass is 1050 g/mol. The fourth-order valence-corrected chi connectivity index (χ4v) is 13.7. The van der Waals surface area contributed by atoms with Crippen molar-refractivity contribution < 1.29 is 61.3 Å². The van der Waals surface area contributed by atoms with E-state index in [4.69, 9.17) is 0 Å². The van der Waals surface area contributed by atoms with Gasteiger partial charge < -0.3 is 24.8 Å². The van der Waals surface area contributed by atoms with Crippen molar-refractivity contribution in [3.8, 4) is 22.3 Å². The van der Waals surface area contributed by atoms with Crippen molar-refractivity contribution in [2.24, 2.45) is 11.8 Å². The van der Waals surface area contributed by atoms with Crippen LogP contribution >= 0.6 is 0 Å². The van der Waals surface area contributed by atoms with Crippen LogP contribution in [0.2, 0.25) is 51.9 Å². The van der Waals surface area contributed by atoms with E-state index in [0.717, 1.165) is 11.8 Å². The molecule has 6 aromatic carbocycles. The van der Waals surface area contributed by atoms with Gasteiger partial charge in [-0.1, -0.05) is 198 Å². The summed E-state index contributed by atoms with van der Waals surface area (Å²) in [6.07, 6.45) is 15.2. The van der Waals surface area contributed by atoms with Crippen LogP contribution in [-0.4, -0.2) is 27.8 Å². The molecule has 0 spiro atoms. The van der Waals surface area contributed by atoms with Crippen molar-refractivity contribution in [1.82, 2.24) is 0 Å². The molecule has 65 heavy (non-hydrogen) atoms. The molecule has 0 aromatic heterocycles. The summed E-state index contributed by atoms with van der Waals surface area (Å²) in [5.74, 6) is 1.78. The molecule has 0 radical (unpaired) electrons. The molecule has 2 saturated carbocycles. The van der Waals surface area contributed by atoms with Gasteiger partial charge in [0.05, 0.1) is 16.1 Å². The molecule has 2 aliphatic rings. The number of halogens is 5. The Bertz CT molecular complexity index is 2200. The first-order valence-electron chi connectivity index (χ1n) is 24.1. The van der Waals surface area contributed by atoms with Crippen LogP contribution in [0.4, 0.5) is 13.2 Å². The van der Waals surface area contributed by atoms with E-state index in [-0.39, 0.29) is 24.8 Å². The summed E-state index contributed by atoms with van der Waals surface area (Å²) in [6.45, 7) is 16.4. The molecule has 0 heterocycles. The summed E-state index contributed by atoms with van der Waals surface area (Å²) in [6, 6.07) is 42.6. The van der Waals surface area contributed by atoms with Gasteiger partial charge >= 0.3 is 67.1 Å². The van der Waals surface area contributed by atoms with Crippen LogP contribution in [-0.2, 0) is 36.2 Å². The summed E-state index contributed by atoms with van der Waals surface area (Å²) in [5.41, 5.74) is 7.98. The second-order valence-electron chi connectivity index (χ2n) is 21.0. The summed E-state index contributed by atoms with van der Waals surface area (Å²) < 4.78 is 34.3. The molecule has 0 unspecified atom stereocenters. The van der Waals surface area contributed by atoms with Gasteiger partial charge in [-0.3, -0.25) is 0 Å². The van der Waals surface area contributed by atoms with Crippen molar-refractivity contribution in [2.45, 2.75) is 154 Å². The zero-order valence-corrected chi connectivity index (χ0v) is 47.2. The Morgan fingerprint density at radius 3 is 1.20 bits per heavy atom. The summed E-state index contributed by atoms with van der Waals surface area (Å²) in [4.78, 5) is 0. The third-order valence-corrected chi connectivity index (χ3v) is 20.5. The molecular formula is C56H73Cl2F3Si3Zr-2. The molecule has 9 heteroatoms. The zero-order valence-electron chi connectivity index (χ0n) is 40.3. The Kier molecular flexibility index (Phi) is 21.9. The SMILES string of the molecule is C[Si](=[Zr+2])CCC(F)(F)F.C[Si](C)(C)c1ccc(-c2cccc3[cH-]c(CC4CCCCCC4)cc23)cc1.C[Si](C)(C)c1ccc(-c2cccc3[cH-]c(CC4CCCCCC4)cc23)cc1.[Cl-].[Cl-]. The number of hydrogen-bond acceptors (Lipinski definition) is 0. The fraction of sp³-hybridized carbons (Fsp3) is 0.464. The molecule has 6 aromatic rings. The second kappa shape index (κ2) is 25.6. The van der Waals surface area contributed by atoms with Crippen molar-refractivity contribution in [3.63, 3.8) is 0 Å². The Morgan fingerprint density at radius 1 is 0.554 bits per heavy atom. The van der Waals surface area contributed by atoms with E-state index in [1.165, 1.54) is 167 Å². The predicted molar refractivity (Wildman–Crippen MR) is 273 cm³/mol. The Morgan fingerprint density at radius 2 is 0.908 bits per heavy atom. The topological polar surface area (TPSA) is 0 Å². The second-order valence-corrected chi connectivity index (χ2v) is 39.5. The maximum Gasteiger partial charge on any atom is 0.0775 e. The molecule has 0 nitrogen and oxygen atoms in total. The van der Waals surface area contributed by atoms with Crippen molar-refractivity contribution in [2.75, 3.05) is 0 Å². The number of alkyl halides is 3. The first-order chi connectivity index (χ1) is 29.9. The van der Waals surface area contributed by atoms with E-state index in [9.17, 15) is 13.2 Å². The predicted octanol–water partition coefficient (Wildman–Crippen LogP) is 10.7. The first-order valence-corrected chi connectivity index (χ1v) is 37.0. The minimum atomic E-state index is -3.93. The molecule has 2 aliphatic carbocycles. The standard InChI is InChI=1S/2C26H33Si.C4H7F3Si.2ClH.Zr/c2*1-27(2,3)24-15-13-22(14-16-24)25-12-8-11-23-18-21(19-26(23)25)17-20-9-6-4-5-7-10-20;1-8-3-2-4(5,6)7;;;/h2*8,11-16,18-20H,4-7,9-10,17H2,1-3H3;2-3H2,1H3;2*1H;/q2*-1;;;;+2/p-2. The minimum absolute atomic E-state index is 0. The van der Waals surface area contributed by atoms with Gasteiger partial charge in [0.1, 0.15) is 0 Å². The third-order valence-electron chi connectivity index (χ3n) is 13.5. The van der Waals surface area contributed by atoms with E-state index in [0.29, 0.717) is 6.04 Å². The smallest absolute Gasteiger partial charge is 0.0775 e. The van der Waals surface area contributed by atoms with Gasteiger partial charge in [0, 0.05) is 0 Å². The molecule has 0 aliphatic heterocycles. The van der Waals surface area contributed by atoms with Crippen LogP contribution in [0, 0.1) is 11.8 Å². The summed E-state index contributed by atoms with van der Waals surface area (Å²) in [5, 5.41) is 8.75. The Labute approximate surface area is 420 Å². The van der Waals surface area contributed by atoms with E-state index < -0.39 is 34.2 Å². The molecule has 0 N–H and O–H groups in total. The molecule has 0 atom stereocenters. The van der Waals surface area contributed by atoms with Crippen LogP contribution in [0.1, 0.15) is 94.6 Å². The van der Waals surface area contributed by atoms with Gasteiger partial charge in [-0.05, 0) is 35.8 Å². The van der Waals surface area contributed by atoms with E-state index >= 15 is 0 Å². The van der Waals surface area contributed by atoms with Crippen molar-refractivity contribution >= 4 is 53.5 Å². The van der Waals surface area contributed by atoms with E-state index in [1.807, 2.05) is 6.55 Å². The van der Waals surface area contributed by atoms with Gasteiger partial charge in [-0.25, -0.2) is 0 Å². The molecule has 350 valence electrons.